The Morgan fingerprint density at radius 3 is 2.81 bits per heavy atom. The summed E-state index contributed by atoms with van der Waals surface area (Å²) in [4.78, 5) is 12.3. The average molecular weight is 283 g/mol. The Hall–Kier alpha value is -2.53. The number of hydrogen-bond acceptors (Lipinski definition) is 3. The van der Waals surface area contributed by atoms with E-state index in [2.05, 4.69) is 5.10 Å². The lowest BCUT2D eigenvalue weighted by Crippen LogP contribution is -2.28. The van der Waals surface area contributed by atoms with Gasteiger partial charge in [0.25, 0.3) is 5.56 Å². The van der Waals surface area contributed by atoms with Gasteiger partial charge in [-0.25, -0.2) is 9.07 Å². The number of fused-ring (bicyclic) bond motifs is 1. The van der Waals surface area contributed by atoms with Crippen LogP contribution < -0.4 is 11.3 Å². The summed E-state index contributed by atoms with van der Waals surface area (Å²) in [6.45, 7) is 0.202. The zero-order chi connectivity index (χ0) is 14.8. The SMILES string of the molecule is NC(Cn1ncc2ccccc2c1=O)c1cccc(F)c1. The molecule has 21 heavy (non-hydrogen) atoms. The fourth-order valence-corrected chi connectivity index (χ4v) is 2.29. The molecule has 0 aliphatic carbocycles. The summed E-state index contributed by atoms with van der Waals surface area (Å²) in [5.74, 6) is -0.346. The maximum atomic E-state index is 13.2. The highest BCUT2D eigenvalue weighted by Gasteiger charge is 2.11. The first kappa shape index (κ1) is 13.5. The number of nitrogens with two attached hydrogens (primary N) is 1. The normalized spacial score (nSPS) is 12.5. The third-order valence-electron chi connectivity index (χ3n) is 3.41. The van der Waals surface area contributed by atoms with Crippen molar-refractivity contribution < 1.29 is 4.39 Å². The predicted molar refractivity (Wildman–Crippen MR) is 79.3 cm³/mol. The van der Waals surface area contributed by atoms with E-state index in [4.69, 9.17) is 5.73 Å². The molecule has 3 aromatic rings. The van der Waals surface area contributed by atoms with Crippen molar-refractivity contribution in [1.82, 2.24) is 9.78 Å². The van der Waals surface area contributed by atoms with Crippen LogP contribution in [0.3, 0.4) is 0 Å². The van der Waals surface area contributed by atoms with Gasteiger partial charge in [-0.3, -0.25) is 4.79 Å². The summed E-state index contributed by atoms with van der Waals surface area (Å²) in [5, 5.41) is 5.51. The number of nitrogens with zero attached hydrogens (tertiary/aromatic N) is 2. The quantitative estimate of drug-likeness (QED) is 0.802. The second kappa shape index (κ2) is 5.46. The Kier molecular flexibility index (Phi) is 3.50. The fraction of sp³-hybridized carbons (Fsp3) is 0.125. The molecule has 1 atom stereocenters. The standard InChI is InChI=1S/C16H14FN3O/c17-13-6-3-5-11(8-13)15(18)10-20-16(21)14-7-2-1-4-12(14)9-19-20/h1-9,15H,10,18H2. The van der Waals surface area contributed by atoms with Gasteiger partial charge < -0.3 is 5.73 Å². The van der Waals surface area contributed by atoms with E-state index in [1.807, 2.05) is 12.1 Å². The first-order valence-corrected chi connectivity index (χ1v) is 6.61. The minimum Gasteiger partial charge on any atom is -0.322 e. The van der Waals surface area contributed by atoms with Gasteiger partial charge in [-0.15, -0.1) is 0 Å². The van der Waals surface area contributed by atoms with E-state index in [-0.39, 0.29) is 17.9 Å². The molecule has 0 amide bonds. The van der Waals surface area contributed by atoms with Crippen molar-refractivity contribution in [3.8, 4) is 0 Å². The van der Waals surface area contributed by atoms with Gasteiger partial charge >= 0.3 is 0 Å². The predicted octanol–water partition coefficient (Wildman–Crippen LogP) is 2.24. The first-order valence-electron chi connectivity index (χ1n) is 6.61. The van der Waals surface area contributed by atoms with Gasteiger partial charge in [-0.1, -0.05) is 30.3 Å². The molecule has 0 spiro atoms. The van der Waals surface area contributed by atoms with E-state index < -0.39 is 6.04 Å². The summed E-state index contributed by atoms with van der Waals surface area (Å²) in [5.41, 5.74) is 6.48. The molecule has 1 unspecified atom stereocenters. The highest BCUT2D eigenvalue weighted by atomic mass is 19.1. The molecule has 0 saturated carbocycles. The molecule has 0 aliphatic heterocycles. The topological polar surface area (TPSA) is 60.9 Å². The van der Waals surface area contributed by atoms with Crippen LogP contribution >= 0.6 is 0 Å². The van der Waals surface area contributed by atoms with Crippen LogP contribution in [0.5, 0.6) is 0 Å². The highest BCUT2D eigenvalue weighted by molar-refractivity contribution is 5.80. The number of rotatable bonds is 3. The minimum absolute atomic E-state index is 0.194. The van der Waals surface area contributed by atoms with E-state index in [0.29, 0.717) is 10.9 Å². The van der Waals surface area contributed by atoms with E-state index in [1.54, 1.807) is 30.5 Å². The molecule has 2 aromatic carbocycles. The van der Waals surface area contributed by atoms with E-state index in [0.717, 1.165) is 5.39 Å². The molecule has 0 fully saturated rings. The maximum absolute atomic E-state index is 13.2. The molecule has 4 nitrogen and oxygen atoms in total. The maximum Gasteiger partial charge on any atom is 0.274 e. The summed E-state index contributed by atoms with van der Waals surface area (Å²) < 4.78 is 14.5. The third kappa shape index (κ3) is 2.68. The lowest BCUT2D eigenvalue weighted by Gasteiger charge is -2.13. The molecule has 2 N–H and O–H groups in total. The molecule has 1 aromatic heterocycles. The summed E-state index contributed by atoms with van der Waals surface area (Å²) in [7, 11) is 0. The van der Waals surface area contributed by atoms with Crippen LogP contribution in [0.15, 0.2) is 59.5 Å². The van der Waals surface area contributed by atoms with Crippen molar-refractivity contribution in [2.45, 2.75) is 12.6 Å². The second-order valence-electron chi connectivity index (χ2n) is 4.88. The largest absolute Gasteiger partial charge is 0.322 e. The van der Waals surface area contributed by atoms with E-state index in [1.165, 1.54) is 16.8 Å². The van der Waals surface area contributed by atoms with Crippen LogP contribution in [-0.4, -0.2) is 9.78 Å². The highest BCUT2D eigenvalue weighted by Crippen LogP contribution is 2.13. The molecular formula is C16H14FN3O. The van der Waals surface area contributed by atoms with Gasteiger partial charge in [0, 0.05) is 11.4 Å². The molecular weight excluding hydrogens is 269 g/mol. The molecule has 1 heterocycles. The molecule has 5 heteroatoms. The lowest BCUT2D eigenvalue weighted by molar-refractivity contribution is 0.505. The summed E-state index contributed by atoms with van der Waals surface area (Å²) >= 11 is 0. The van der Waals surface area contributed by atoms with Crippen LogP contribution in [0.25, 0.3) is 10.8 Å². The average Bonchev–Trinajstić information content (AvgIpc) is 2.50. The van der Waals surface area contributed by atoms with Crippen LogP contribution in [0.4, 0.5) is 4.39 Å². The zero-order valence-electron chi connectivity index (χ0n) is 11.2. The van der Waals surface area contributed by atoms with Crippen LogP contribution in [0.1, 0.15) is 11.6 Å². The summed E-state index contributed by atoms with van der Waals surface area (Å²) in [6.07, 6.45) is 1.63. The minimum atomic E-state index is -0.493. The monoisotopic (exact) mass is 283 g/mol. The molecule has 0 radical (unpaired) electrons. The van der Waals surface area contributed by atoms with Crippen molar-refractivity contribution in [2.24, 2.45) is 5.73 Å². The molecule has 3 rings (SSSR count). The Labute approximate surface area is 120 Å². The van der Waals surface area contributed by atoms with Crippen LogP contribution in [0, 0.1) is 5.82 Å². The molecule has 106 valence electrons. The number of hydrogen-bond donors (Lipinski definition) is 1. The lowest BCUT2D eigenvalue weighted by atomic mass is 10.1. The zero-order valence-corrected chi connectivity index (χ0v) is 11.2. The third-order valence-corrected chi connectivity index (χ3v) is 3.41. The molecule has 0 bridgehead atoms. The van der Waals surface area contributed by atoms with Crippen molar-refractivity contribution in [3.05, 3.63) is 76.5 Å². The Balaban J connectivity index is 1.95. The number of benzene rings is 2. The van der Waals surface area contributed by atoms with Gasteiger partial charge in [0.05, 0.1) is 18.1 Å². The van der Waals surface area contributed by atoms with E-state index in [9.17, 15) is 9.18 Å². The smallest absolute Gasteiger partial charge is 0.274 e. The number of aromatic nitrogens is 2. The molecule has 0 aliphatic rings. The number of halogens is 1. The Morgan fingerprint density at radius 2 is 2.00 bits per heavy atom. The van der Waals surface area contributed by atoms with Gasteiger partial charge in [-0.05, 0) is 23.8 Å². The van der Waals surface area contributed by atoms with Crippen LogP contribution in [-0.2, 0) is 6.54 Å². The Morgan fingerprint density at radius 1 is 1.19 bits per heavy atom. The molecule has 0 saturated heterocycles. The van der Waals surface area contributed by atoms with Gasteiger partial charge in [0.2, 0.25) is 0 Å². The summed E-state index contributed by atoms with van der Waals surface area (Å²) in [6, 6.07) is 12.8. The van der Waals surface area contributed by atoms with E-state index >= 15 is 0 Å². The Bertz CT molecular complexity index is 844. The fourth-order valence-electron chi connectivity index (χ4n) is 2.29. The van der Waals surface area contributed by atoms with Crippen molar-refractivity contribution in [1.29, 1.82) is 0 Å². The van der Waals surface area contributed by atoms with Crippen LogP contribution in [0.2, 0.25) is 0 Å². The van der Waals surface area contributed by atoms with Crippen molar-refractivity contribution >= 4 is 10.8 Å². The first-order chi connectivity index (χ1) is 10.1. The van der Waals surface area contributed by atoms with Crippen molar-refractivity contribution in [3.63, 3.8) is 0 Å². The second-order valence-corrected chi connectivity index (χ2v) is 4.88. The van der Waals surface area contributed by atoms with Gasteiger partial charge in [-0.2, -0.15) is 5.10 Å². The van der Waals surface area contributed by atoms with Gasteiger partial charge in [0.1, 0.15) is 5.82 Å². The van der Waals surface area contributed by atoms with Crippen molar-refractivity contribution in [2.75, 3.05) is 0 Å². The van der Waals surface area contributed by atoms with Gasteiger partial charge in [0.15, 0.2) is 0 Å².